The normalized spacial score (nSPS) is 20.8. The molecule has 2 heterocycles. The van der Waals surface area contributed by atoms with Crippen LogP contribution in [0, 0.1) is 0 Å². The number of benzene rings is 1. The summed E-state index contributed by atoms with van der Waals surface area (Å²) >= 11 is 0. The molecule has 100 valence electrons. The van der Waals surface area contributed by atoms with E-state index in [-0.39, 0.29) is 5.78 Å². The Kier molecular flexibility index (Phi) is 3.36. The number of hydrogen-bond donors (Lipinski definition) is 1. The summed E-state index contributed by atoms with van der Waals surface area (Å²) in [5.74, 6) is 0.172. The van der Waals surface area contributed by atoms with Crippen LogP contribution in [0.15, 0.2) is 30.5 Å². The van der Waals surface area contributed by atoms with E-state index < -0.39 is 0 Å². The van der Waals surface area contributed by atoms with Crippen molar-refractivity contribution in [2.75, 3.05) is 26.3 Å². The first kappa shape index (κ1) is 12.4. The Labute approximate surface area is 112 Å². The summed E-state index contributed by atoms with van der Waals surface area (Å²) in [5, 5.41) is 1.01. The van der Waals surface area contributed by atoms with Crippen molar-refractivity contribution in [3.63, 3.8) is 0 Å². The fourth-order valence-electron chi connectivity index (χ4n) is 2.57. The number of rotatable bonds is 3. The lowest BCUT2D eigenvalue weighted by atomic mass is 10.1. The molecule has 0 aliphatic carbocycles. The molecule has 3 rings (SSSR count). The number of carbonyl (C=O) groups excluding carboxylic acids is 1. The fraction of sp³-hybridized carbons (Fsp3) is 0.400. The summed E-state index contributed by atoms with van der Waals surface area (Å²) in [6.07, 6.45) is 1.82. The van der Waals surface area contributed by atoms with E-state index in [2.05, 4.69) is 16.8 Å². The second-order valence-electron chi connectivity index (χ2n) is 5.07. The smallest absolute Gasteiger partial charge is 0.178 e. The van der Waals surface area contributed by atoms with Crippen LogP contribution < -0.4 is 0 Å². The van der Waals surface area contributed by atoms with Gasteiger partial charge in [0.15, 0.2) is 5.78 Å². The van der Waals surface area contributed by atoms with Crippen LogP contribution in [0.1, 0.15) is 17.3 Å². The van der Waals surface area contributed by atoms with Gasteiger partial charge in [-0.05, 0) is 13.0 Å². The molecule has 1 aliphatic heterocycles. The number of nitrogens with one attached hydrogen (secondary N) is 1. The predicted octanol–water partition coefficient (Wildman–Crippen LogP) is 2.07. The van der Waals surface area contributed by atoms with E-state index in [1.54, 1.807) is 0 Å². The third-order valence-corrected chi connectivity index (χ3v) is 3.74. The molecule has 0 spiro atoms. The number of ketones is 1. The van der Waals surface area contributed by atoms with E-state index in [4.69, 9.17) is 4.74 Å². The molecule has 19 heavy (non-hydrogen) atoms. The average Bonchev–Trinajstić information content (AvgIpc) is 2.85. The maximum absolute atomic E-state index is 12.4. The van der Waals surface area contributed by atoms with Crippen molar-refractivity contribution < 1.29 is 9.53 Å². The van der Waals surface area contributed by atoms with Crippen molar-refractivity contribution in [2.45, 2.75) is 13.0 Å². The van der Waals surface area contributed by atoms with Crippen LogP contribution in [-0.2, 0) is 4.74 Å². The average molecular weight is 258 g/mol. The maximum Gasteiger partial charge on any atom is 0.178 e. The monoisotopic (exact) mass is 258 g/mol. The van der Waals surface area contributed by atoms with E-state index in [9.17, 15) is 4.79 Å². The van der Waals surface area contributed by atoms with Crippen LogP contribution in [0.25, 0.3) is 10.9 Å². The zero-order chi connectivity index (χ0) is 13.2. The van der Waals surface area contributed by atoms with Gasteiger partial charge in [0.05, 0.1) is 19.8 Å². The highest BCUT2D eigenvalue weighted by molar-refractivity contribution is 6.08. The van der Waals surface area contributed by atoms with Gasteiger partial charge in [-0.2, -0.15) is 0 Å². The lowest BCUT2D eigenvalue weighted by molar-refractivity contribution is 0.00203. The minimum absolute atomic E-state index is 0.172. The minimum Gasteiger partial charge on any atom is -0.379 e. The molecule has 0 amide bonds. The molecule has 1 aromatic carbocycles. The lowest BCUT2D eigenvalue weighted by Crippen LogP contribution is -2.45. The van der Waals surface area contributed by atoms with E-state index in [1.165, 1.54) is 0 Å². The van der Waals surface area contributed by atoms with Crippen molar-refractivity contribution in [3.05, 3.63) is 36.0 Å². The zero-order valence-electron chi connectivity index (χ0n) is 11.1. The Morgan fingerprint density at radius 1 is 1.47 bits per heavy atom. The number of Topliss-reactive ketones (excluding diaryl/α,β-unsaturated/α-hetero) is 1. The van der Waals surface area contributed by atoms with Crippen LogP contribution in [0.2, 0.25) is 0 Å². The van der Waals surface area contributed by atoms with Crippen molar-refractivity contribution in [1.82, 2.24) is 9.88 Å². The Hall–Kier alpha value is -1.65. The summed E-state index contributed by atoms with van der Waals surface area (Å²) < 4.78 is 5.40. The number of fused-ring (bicyclic) bond motifs is 1. The highest BCUT2D eigenvalue weighted by Crippen LogP contribution is 2.19. The summed E-state index contributed by atoms with van der Waals surface area (Å²) in [5.41, 5.74) is 1.80. The molecule has 4 heteroatoms. The Morgan fingerprint density at radius 2 is 2.32 bits per heavy atom. The summed E-state index contributed by atoms with van der Waals surface area (Å²) in [6, 6.07) is 8.22. The van der Waals surface area contributed by atoms with Gasteiger partial charge in [0.2, 0.25) is 0 Å². The van der Waals surface area contributed by atoms with Gasteiger partial charge >= 0.3 is 0 Å². The first-order valence-corrected chi connectivity index (χ1v) is 6.67. The number of aromatic amines is 1. The SMILES string of the molecule is CC1COCCN1CC(=O)c1c[nH]c2ccccc12. The van der Waals surface area contributed by atoms with Gasteiger partial charge < -0.3 is 9.72 Å². The number of aromatic nitrogens is 1. The van der Waals surface area contributed by atoms with E-state index in [1.807, 2.05) is 30.5 Å². The second-order valence-corrected chi connectivity index (χ2v) is 5.07. The zero-order valence-corrected chi connectivity index (χ0v) is 11.1. The number of ether oxygens (including phenoxy) is 1. The van der Waals surface area contributed by atoms with Crippen LogP contribution in [0.4, 0.5) is 0 Å². The summed E-state index contributed by atoms with van der Waals surface area (Å²) in [6.45, 7) is 4.82. The second kappa shape index (κ2) is 5.15. The molecular formula is C15H18N2O2. The largest absolute Gasteiger partial charge is 0.379 e. The standard InChI is InChI=1S/C15H18N2O2/c1-11-10-19-7-6-17(11)9-15(18)13-8-16-14-5-3-2-4-12(13)14/h2-5,8,11,16H,6-7,9-10H2,1H3. The van der Waals surface area contributed by atoms with Crippen LogP contribution >= 0.6 is 0 Å². The molecule has 1 saturated heterocycles. The minimum atomic E-state index is 0.172. The van der Waals surface area contributed by atoms with Gasteiger partial charge in [-0.25, -0.2) is 0 Å². The Bertz CT molecular complexity index is 591. The van der Waals surface area contributed by atoms with Gasteiger partial charge in [-0.3, -0.25) is 9.69 Å². The van der Waals surface area contributed by atoms with Crippen molar-refractivity contribution in [2.24, 2.45) is 0 Å². The molecule has 1 aromatic heterocycles. The van der Waals surface area contributed by atoms with Crippen LogP contribution in [0.5, 0.6) is 0 Å². The highest BCUT2D eigenvalue weighted by Gasteiger charge is 2.22. The van der Waals surface area contributed by atoms with Gasteiger partial charge in [0.1, 0.15) is 0 Å². The van der Waals surface area contributed by atoms with E-state index in [0.717, 1.165) is 23.0 Å². The van der Waals surface area contributed by atoms with Gasteiger partial charge in [0.25, 0.3) is 0 Å². The molecule has 4 nitrogen and oxygen atoms in total. The molecule has 1 N–H and O–H groups in total. The third-order valence-electron chi connectivity index (χ3n) is 3.74. The lowest BCUT2D eigenvalue weighted by Gasteiger charge is -2.32. The van der Waals surface area contributed by atoms with Crippen molar-refractivity contribution >= 4 is 16.7 Å². The third kappa shape index (κ3) is 2.41. The number of para-hydroxylation sites is 1. The number of hydrogen-bond acceptors (Lipinski definition) is 3. The predicted molar refractivity (Wildman–Crippen MR) is 74.5 cm³/mol. The highest BCUT2D eigenvalue weighted by atomic mass is 16.5. The van der Waals surface area contributed by atoms with E-state index >= 15 is 0 Å². The summed E-state index contributed by atoms with van der Waals surface area (Å²) in [4.78, 5) is 17.8. The number of H-pyrrole nitrogens is 1. The van der Waals surface area contributed by atoms with Crippen LogP contribution in [0.3, 0.4) is 0 Å². The summed E-state index contributed by atoms with van der Waals surface area (Å²) in [7, 11) is 0. The number of carbonyl (C=O) groups is 1. The molecule has 1 fully saturated rings. The molecular weight excluding hydrogens is 240 g/mol. The fourth-order valence-corrected chi connectivity index (χ4v) is 2.57. The van der Waals surface area contributed by atoms with Crippen molar-refractivity contribution in [3.8, 4) is 0 Å². The molecule has 0 radical (unpaired) electrons. The van der Waals surface area contributed by atoms with Gasteiger partial charge in [-0.15, -0.1) is 0 Å². The molecule has 1 aliphatic rings. The van der Waals surface area contributed by atoms with Crippen LogP contribution in [-0.4, -0.2) is 48.0 Å². The Balaban J connectivity index is 1.80. The number of morpholine rings is 1. The quantitative estimate of drug-likeness (QED) is 0.857. The molecule has 0 bridgehead atoms. The molecule has 1 atom stereocenters. The van der Waals surface area contributed by atoms with E-state index in [0.29, 0.717) is 25.8 Å². The molecule has 2 aromatic rings. The van der Waals surface area contributed by atoms with Gasteiger partial charge in [0, 0.05) is 35.2 Å². The topological polar surface area (TPSA) is 45.3 Å². The van der Waals surface area contributed by atoms with Crippen molar-refractivity contribution in [1.29, 1.82) is 0 Å². The number of nitrogens with zero attached hydrogens (tertiary/aromatic N) is 1. The Morgan fingerprint density at radius 3 is 3.16 bits per heavy atom. The van der Waals surface area contributed by atoms with Gasteiger partial charge in [-0.1, -0.05) is 18.2 Å². The molecule has 0 saturated carbocycles. The first-order chi connectivity index (χ1) is 9.25. The first-order valence-electron chi connectivity index (χ1n) is 6.67. The molecule has 1 unspecified atom stereocenters. The maximum atomic E-state index is 12.4.